The molecule has 1 saturated carbocycles. The van der Waals surface area contributed by atoms with Gasteiger partial charge in [-0.05, 0) is 40.9 Å². The van der Waals surface area contributed by atoms with Crippen molar-refractivity contribution >= 4 is 46.7 Å². The average molecular weight is 371 g/mol. The Kier molecular flexibility index (Phi) is 7.89. The normalized spacial score (nSPS) is 16.1. The SMILES string of the molecule is Cl.Cl.NCC1(NC(=O)c2ccc(Br)cn2)CCCC1. The Morgan fingerprint density at radius 2 is 2.00 bits per heavy atom. The summed E-state index contributed by atoms with van der Waals surface area (Å²) in [6.07, 6.45) is 5.81. The van der Waals surface area contributed by atoms with E-state index < -0.39 is 0 Å². The number of amides is 1. The molecule has 0 radical (unpaired) electrons. The number of carbonyl (C=O) groups excluding carboxylic acids is 1. The third kappa shape index (κ3) is 4.60. The zero-order valence-electron chi connectivity index (χ0n) is 10.4. The fourth-order valence-corrected chi connectivity index (χ4v) is 2.48. The highest BCUT2D eigenvalue weighted by atomic mass is 79.9. The van der Waals surface area contributed by atoms with E-state index in [1.54, 1.807) is 12.3 Å². The molecular formula is C12H18BrCl2N3O. The fourth-order valence-electron chi connectivity index (χ4n) is 2.25. The third-order valence-corrected chi connectivity index (χ3v) is 3.76. The van der Waals surface area contributed by atoms with E-state index in [2.05, 4.69) is 26.2 Å². The maximum absolute atomic E-state index is 12.0. The van der Waals surface area contributed by atoms with Crippen molar-refractivity contribution in [3.05, 3.63) is 28.5 Å². The van der Waals surface area contributed by atoms with Gasteiger partial charge in [0.15, 0.2) is 0 Å². The molecule has 1 fully saturated rings. The van der Waals surface area contributed by atoms with Gasteiger partial charge in [0.1, 0.15) is 5.69 Å². The number of hydrogen-bond acceptors (Lipinski definition) is 3. The highest BCUT2D eigenvalue weighted by molar-refractivity contribution is 9.10. The van der Waals surface area contributed by atoms with E-state index in [0.717, 1.165) is 30.2 Å². The first-order valence-electron chi connectivity index (χ1n) is 5.79. The molecule has 0 unspecified atom stereocenters. The lowest BCUT2D eigenvalue weighted by Crippen LogP contribution is -2.51. The Hall–Kier alpha value is -0.360. The summed E-state index contributed by atoms with van der Waals surface area (Å²) in [6, 6.07) is 3.52. The predicted octanol–water partition coefficient (Wildman–Crippen LogP) is 2.69. The molecule has 0 aromatic carbocycles. The smallest absolute Gasteiger partial charge is 0.270 e. The van der Waals surface area contributed by atoms with E-state index >= 15 is 0 Å². The monoisotopic (exact) mass is 369 g/mol. The molecule has 108 valence electrons. The van der Waals surface area contributed by atoms with Gasteiger partial charge in [-0.25, -0.2) is 4.98 Å². The van der Waals surface area contributed by atoms with Gasteiger partial charge >= 0.3 is 0 Å². The summed E-state index contributed by atoms with van der Waals surface area (Å²) >= 11 is 3.29. The van der Waals surface area contributed by atoms with Crippen LogP contribution in [0.3, 0.4) is 0 Å². The topological polar surface area (TPSA) is 68.0 Å². The minimum atomic E-state index is -0.216. The highest BCUT2D eigenvalue weighted by Crippen LogP contribution is 2.28. The molecule has 3 N–H and O–H groups in total. The van der Waals surface area contributed by atoms with Crippen LogP contribution in [0.5, 0.6) is 0 Å². The number of hydrogen-bond donors (Lipinski definition) is 2. The number of carbonyl (C=O) groups is 1. The summed E-state index contributed by atoms with van der Waals surface area (Å²) < 4.78 is 0.864. The molecule has 1 heterocycles. The van der Waals surface area contributed by atoms with Crippen molar-refractivity contribution in [3.8, 4) is 0 Å². The van der Waals surface area contributed by atoms with Crippen LogP contribution in [0.2, 0.25) is 0 Å². The molecule has 1 aliphatic carbocycles. The van der Waals surface area contributed by atoms with E-state index in [9.17, 15) is 4.79 Å². The Morgan fingerprint density at radius 3 is 2.47 bits per heavy atom. The minimum Gasteiger partial charge on any atom is -0.344 e. The van der Waals surface area contributed by atoms with Gasteiger partial charge in [-0.1, -0.05) is 12.8 Å². The summed E-state index contributed by atoms with van der Waals surface area (Å²) in [5.41, 5.74) is 6.00. The first-order chi connectivity index (χ1) is 8.15. The van der Waals surface area contributed by atoms with Crippen molar-refractivity contribution in [3.63, 3.8) is 0 Å². The minimum absolute atomic E-state index is 0. The second-order valence-corrected chi connectivity index (χ2v) is 5.42. The van der Waals surface area contributed by atoms with Gasteiger partial charge < -0.3 is 11.1 Å². The van der Waals surface area contributed by atoms with Gasteiger partial charge in [-0.3, -0.25) is 4.79 Å². The van der Waals surface area contributed by atoms with Crippen molar-refractivity contribution in [2.45, 2.75) is 31.2 Å². The molecule has 0 saturated heterocycles. The molecule has 0 bridgehead atoms. The Labute approximate surface area is 133 Å². The van der Waals surface area contributed by atoms with E-state index in [0.29, 0.717) is 12.2 Å². The van der Waals surface area contributed by atoms with Gasteiger partial charge in [0.2, 0.25) is 0 Å². The van der Waals surface area contributed by atoms with Crippen LogP contribution in [0.1, 0.15) is 36.2 Å². The van der Waals surface area contributed by atoms with Gasteiger partial charge in [0.25, 0.3) is 5.91 Å². The molecule has 0 atom stereocenters. The largest absolute Gasteiger partial charge is 0.344 e. The van der Waals surface area contributed by atoms with Crippen molar-refractivity contribution in [2.75, 3.05) is 6.54 Å². The third-order valence-electron chi connectivity index (χ3n) is 3.29. The van der Waals surface area contributed by atoms with Crippen molar-refractivity contribution in [1.82, 2.24) is 10.3 Å². The van der Waals surface area contributed by atoms with Gasteiger partial charge in [0, 0.05) is 17.2 Å². The van der Waals surface area contributed by atoms with Crippen LogP contribution in [0.4, 0.5) is 0 Å². The molecule has 4 nitrogen and oxygen atoms in total. The maximum atomic E-state index is 12.0. The summed E-state index contributed by atoms with van der Waals surface area (Å²) in [5, 5.41) is 3.04. The van der Waals surface area contributed by atoms with E-state index in [1.165, 1.54) is 0 Å². The Morgan fingerprint density at radius 1 is 1.37 bits per heavy atom. The average Bonchev–Trinajstić information content (AvgIpc) is 2.79. The predicted molar refractivity (Wildman–Crippen MR) is 84.2 cm³/mol. The summed E-state index contributed by atoms with van der Waals surface area (Å²) in [7, 11) is 0. The fraction of sp³-hybridized carbons (Fsp3) is 0.500. The van der Waals surface area contributed by atoms with Gasteiger partial charge in [-0.15, -0.1) is 24.8 Å². The van der Waals surface area contributed by atoms with Crippen LogP contribution in [0.25, 0.3) is 0 Å². The molecule has 2 rings (SSSR count). The first-order valence-corrected chi connectivity index (χ1v) is 6.59. The second-order valence-electron chi connectivity index (χ2n) is 4.51. The van der Waals surface area contributed by atoms with Crippen molar-refractivity contribution in [2.24, 2.45) is 5.73 Å². The first kappa shape index (κ1) is 18.6. The molecule has 0 aliphatic heterocycles. The van der Waals surface area contributed by atoms with Gasteiger partial charge in [-0.2, -0.15) is 0 Å². The lowest BCUT2D eigenvalue weighted by atomic mass is 9.97. The number of aromatic nitrogens is 1. The van der Waals surface area contributed by atoms with Crippen LogP contribution in [0.15, 0.2) is 22.8 Å². The summed E-state index contributed by atoms with van der Waals surface area (Å²) in [6.45, 7) is 0.495. The molecule has 1 aromatic rings. The number of pyridine rings is 1. The molecule has 1 aliphatic rings. The van der Waals surface area contributed by atoms with Crippen LogP contribution in [-0.4, -0.2) is 23.0 Å². The number of nitrogens with two attached hydrogens (primary N) is 1. The van der Waals surface area contributed by atoms with Crippen molar-refractivity contribution < 1.29 is 4.79 Å². The summed E-state index contributed by atoms with van der Waals surface area (Å²) in [5.74, 6) is -0.134. The molecule has 7 heteroatoms. The van der Waals surface area contributed by atoms with E-state index in [4.69, 9.17) is 5.73 Å². The van der Waals surface area contributed by atoms with E-state index in [1.807, 2.05) is 6.07 Å². The van der Waals surface area contributed by atoms with Crippen LogP contribution >= 0.6 is 40.7 Å². The highest BCUT2D eigenvalue weighted by Gasteiger charge is 2.34. The zero-order valence-corrected chi connectivity index (χ0v) is 13.6. The molecule has 19 heavy (non-hydrogen) atoms. The molecule has 0 spiro atoms. The molecule has 1 aromatic heterocycles. The van der Waals surface area contributed by atoms with E-state index in [-0.39, 0.29) is 36.3 Å². The van der Waals surface area contributed by atoms with Crippen LogP contribution in [0, 0.1) is 0 Å². The quantitative estimate of drug-likeness (QED) is 0.859. The maximum Gasteiger partial charge on any atom is 0.270 e. The van der Waals surface area contributed by atoms with Gasteiger partial charge in [0.05, 0.1) is 5.54 Å². The second kappa shape index (κ2) is 8.04. The zero-order chi connectivity index (χ0) is 12.3. The Balaban J connectivity index is 0.00000162. The standard InChI is InChI=1S/C12H16BrN3O.2ClH/c13-9-3-4-10(15-7-9)11(17)16-12(8-14)5-1-2-6-12;;/h3-4,7H,1-2,5-6,8,14H2,(H,16,17);2*1H. The molecule has 1 amide bonds. The molecular weight excluding hydrogens is 353 g/mol. The number of nitrogens with one attached hydrogen (secondary N) is 1. The number of nitrogens with zero attached hydrogens (tertiary/aromatic N) is 1. The van der Waals surface area contributed by atoms with Crippen LogP contribution in [-0.2, 0) is 0 Å². The number of halogens is 3. The lowest BCUT2D eigenvalue weighted by molar-refractivity contribution is 0.0898. The van der Waals surface area contributed by atoms with Crippen molar-refractivity contribution in [1.29, 1.82) is 0 Å². The Bertz CT molecular complexity index is 408. The lowest BCUT2D eigenvalue weighted by Gasteiger charge is -2.28. The number of rotatable bonds is 3. The van der Waals surface area contributed by atoms with Crippen LogP contribution < -0.4 is 11.1 Å². The summed E-state index contributed by atoms with van der Waals surface area (Å²) in [4.78, 5) is 16.1.